The van der Waals surface area contributed by atoms with Crippen LogP contribution in [0.2, 0.25) is 5.15 Å². The Balaban J connectivity index is 2.28. The number of pyridine rings is 1. The topological polar surface area (TPSA) is 70.5 Å². The van der Waals surface area contributed by atoms with Crippen molar-refractivity contribution in [2.45, 2.75) is 36.7 Å². The van der Waals surface area contributed by atoms with Gasteiger partial charge >= 0.3 is 0 Å². The third kappa shape index (κ3) is 3.25. The molecule has 0 amide bonds. The van der Waals surface area contributed by atoms with Crippen LogP contribution in [0.25, 0.3) is 0 Å². The van der Waals surface area contributed by atoms with Crippen molar-refractivity contribution in [2.24, 2.45) is 0 Å². The highest BCUT2D eigenvalue weighted by atomic mass is 35.5. The Hall–Kier alpha value is -0.690. The molecule has 1 fully saturated rings. The van der Waals surface area contributed by atoms with E-state index in [2.05, 4.69) is 4.98 Å². The first-order valence-electron chi connectivity index (χ1n) is 6.16. The van der Waals surface area contributed by atoms with Crippen LogP contribution in [0.1, 0.15) is 26.2 Å². The smallest absolute Gasteiger partial charge is 0.246 e. The highest BCUT2D eigenvalue weighted by molar-refractivity contribution is 7.89. The minimum absolute atomic E-state index is 0.0153. The molecule has 1 unspecified atom stereocenters. The Labute approximate surface area is 118 Å². The highest BCUT2D eigenvalue weighted by Gasteiger charge is 2.32. The van der Waals surface area contributed by atoms with E-state index in [4.69, 9.17) is 11.6 Å². The first-order valence-corrected chi connectivity index (χ1v) is 7.98. The number of hydrogen-bond acceptors (Lipinski definition) is 4. The molecule has 5 nitrogen and oxygen atoms in total. The fraction of sp³-hybridized carbons (Fsp3) is 0.583. The van der Waals surface area contributed by atoms with E-state index in [0.717, 1.165) is 0 Å². The molecule has 1 saturated heterocycles. The molecule has 0 saturated carbocycles. The second-order valence-corrected chi connectivity index (χ2v) is 7.31. The molecular formula is C12H17ClN2O3S. The van der Waals surface area contributed by atoms with Gasteiger partial charge in [0.2, 0.25) is 10.0 Å². The summed E-state index contributed by atoms with van der Waals surface area (Å²) >= 11 is 5.86. The van der Waals surface area contributed by atoms with Crippen LogP contribution in [0, 0.1) is 0 Å². The van der Waals surface area contributed by atoms with Crippen molar-refractivity contribution in [1.29, 1.82) is 0 Å². The average molecular weight is 305 g/mol. The lowest BCUT2D eigenvalue weighted by Gasteiger charge is -2.22. The molecule has 2 rings (SSSR count). The number of sulfonamides is 1. The number of rotatable bonds is 2. The Morgan fingerprint density at radius 2 is 2.16 bits per heavy atom. The van der Waals surface area contributed by atoms with Gasteiger partial charge in [-0.25, -0.2) is 13.4 Å². The molecule has 1 aliphatic heterocycles. The summed E-state index contributed by atoms with van der Waals surface area (Å²) in [6.45, 7) is 2.42. The second-order valence-electron chi connectivity index (χ2n) is 5.05. The molecule has 1 aliphatic rings. The molecule has 19 heavy (non-hydrogen) atoms. The predicted molar refractivity (Wildman–Crippen MR) is 72.5 cm³/mol. The van der Waals surface area contributed by atoms with Gasteiger partial charge in [-0.05, 0) is 38.3 Å². The second kappa shape index (κ2) is 5.36. The van der Waals surface area contributed by atoms with Crippen LogP contribution in [0.3, 0.4) is 0 Å². The Bertz CT molecular complexity index is 560. The molecule has 1 aromatic heterocycles. The quantitative estimate of drug-likeness (QED) is 0.844. The molecule has 0 aliphatic carbocycles. The van der Waals surface area contributed by atoms with Crippen molar-refractivity contribution >= 4 is 21.6 Å². The van der Waals surface area contributed by atoms with Crippen LogP contribution >= 0.6 is 11.6 Å². The van der Waals surface area contributed by atoms with Gasteiger partial charge in [-0.1, -0.05) is 11.6 Å². The number of nitrogens with zero attached hydrogens (tertiary/aromatic N) is 2. The van der Waals surface area contributed by atoms with Crippen molar-refractivity contribution < 1.29 is 13.5 Å². The highest BCUT2D eigenvalue weighted by Crippen LogP contribution is 2.27. The van der Waals surface area contributed by atoms with Crippen LogP contribution in [0.5, 0.6) is 0 Å². The third-order valence-corrected chi connectivity index (χ3v) is 5.71. The minimum Gasteiger partial charge on any atom is -0.390 e. The third-order valence-electron chi connectivity index (χ3n) is 3.37. The van der Waals surface area contributed by atoms with E-state index < -0.39 is 15.6 Å². The van der Waals surface area contributed by atoms with E-state index in [1.807, 2.05) is 0 Å². The first-order chi connectivity index (χ1) is 8.83. The van der Waals surface area contributed by atoms with Gasteiger partial charge in [-0.3, -0.25) is 0 Å². The van der Waals surface area contributed by atoms with E-state index in [0.29, 0.717) is 32.4 Å². The molecule has 0 spiro atoms. The van der Waals surface area contributed by atoms with Crippen LogP contribution in [-0.2, 0) is 10.0 Å². The Morgan fingerprint density at radius 3 is 2.84 bits per heavy atom. The van der Waals surface area contributed by atoms with Gasteiger partial charge in [-0.2, -0.15) is 4.31 Å². The maximum Gasteiger partial charge on any atom is 0.246 e. The number of halogens is 1. The summed E-state index contributed by atoms with van der Waals surface area (Å²) in [5.74, 6) is 0. The van der Waals surface area contributed by atoms with Gasteiger partial charge < -0.3 is 5.11 Å². The van der Waals surface area contributed by atoms with Crippen LogP contribution < -0.4 is 0 Å². The molecule has 0 radical (unpaired) electrons. The molecule has 0 bridgehead atoms. The van der Waals surface area contributed by atoms with Crippen molar-refractivity contribution in [3.05, 3.63) is 23.5 Å². The van der Waals surface area contributed by atoms with Gasteiger partial charge in [0, 0.05) is 19.3 Å². The van der Waals surface area contributed by atoms with Crippen molar-refractivity contribution in [3.8, 4) is 0 Å². The first kappa shape index (κ1) is 14.7. The van der Waals surface area contributed by atoms with Gasteiger partial charge in [0.05, 0.1) is 5.60 Å². The standard InChI is InChI=1S/C12H17ClN2O3S/c1-12(16)5-3-8-15(9-6-12)19(17,18)10-4-2-7-14-11(10)13/h2,4,7,16H,3,5-6,8-9H2,1H3. The van der Waals surface area contributed by atoms with Crippen LogP contribution in [0.4, 0.5) is 0 Å². The van der Waals surface area contributed by atoms with E-state index in [-0.39, 0.29) is 10.0 Å². The maximum absolute atomic E-state index is 12.5. The van der Waals surface area contributed by atoms with Crippen molar-refractivity contribution in [1.82, 2.24) is 9.29 Å². The normalized spacial score (nSPS) is 26.1. The summed E-state index contributed by atoms with van der Waals surface area (Å²) in [6.07, 6.45) is 3.10. The summed E-state index contributed by atoms with van der Waals surface area (Å²) in [5, 5.41) is 9.99. The fourth-order valence-electron chi connectivity index (χ4n) is 2.18. The number of hydrogen-bond donors (Lipinski definition) is 1. The van der Waals surface area contributed by atoms with Gasteiger partial charge in [0.1, 0.15) is 10.0 Å². The van der Waals surface area contributed by atoms with E-state index in [1.54, 1.807) is 13.0 Å². The van der Waals surface area contributed by atoms with Crippen LogP contribution in [0.15, 0.2) is 23.2 Å². The summed E-state index contributed by atoms with van der Waals surface area (Å²) in [7, 11) is -3.64. The lowest BCUT2D eigenvalue weighted by molar-refractivity contribution is 0.0465. The average Bonchev–Trinajstić information content (AvgIpc) is 2.51. The monoisotopic (exact) mass is 304 g/mol. The summed E-state index contributed by atoms with van der Waals surface area (Å²) in [4.78, 5) is 3.83. The predicted octanol–water partition coefficient (Wildman–Crippen LogP) is 1.66. The molecule has 7 heteroatoms. The molecule has 1 N–H and O–H groups in total. The lowest BCUT2D eigenvalue weighted by atomic mass is 9.98. The summed E-state index contributed by atoms with van der Waals surface area (Å²) in [6, 6.07) is 3.00. The molecule has 2 heterocycles. The summed E-state index contributed by atoms with van der Waals surface area (Å²) < 4.78 is 26.4. The van der Waals surface area contributed by atoms with Crippen LogP contribution in [-0.4, -0.2) is 41.5 Å². The lowest BCUT2D eigenvalue weighted by Crippen LogP contribution is -2.33. The SMILES string of the molecule is CC1(O)CCCN(S(=O)(=O)c2cccnc2Cl)CC1. The molecule has 1 aromatic rings. The van der Waals surface area contributed by atoms with Gasteiger partial charge in [0.15, 0.2) is 0 Å². The van der Waals surface area contributed by atoms with Gasteiger partial charge in [0.25, 0.3) is 0 Å². The molecule has 1 atom stereocenters. The molecule has 0 aromatic carbocycles. The zero-order valence-electron chi connectivity index (χ0n) is 10.7. The minimum atomic E-state index is -3.64. The zero-order chi connectivity index (χ0) is 14.1. The number of aliphatic hydroxyl groups is 1. The maximum atomic E-state index is 12.5. The van der Waals surface area contributed by atoms with Crippen molar-refractivity contribution in [3.63, 3.8) is 0 Å². The molecular weight excluding hydrogens is 288 g/mol. The van der Waals surface area contributed by atoms with Gasteiger partial charge in [-0.15, -0.1) is 0 Å². The molecule has 106 valence electrons. The zero-order valence-corrected chi connectivity index (χ0v) is 12.3. The van der Waals surface area contributed by atoms with E-state index in [1.165, 1.54) is 16.6 Å². The largest absolute Gasteiger partial charge is 0.390 e. The Kier molecular flexibility index (Phi) is 4.15. The van der Waals surface area contributed by atoms with Crippen molar-refractivity contribution in [2.75, 3.05) is 13.1 Å². The summed E-state index contributed by atoms with van der Waals surface area (Å²) in [5.41, 5.74) is -0.803. The van der Waals surface area contributed by atoms with E-state index in [9.17, 15) is 13.5 Å². The Morgan fingerprint density at radius 1 is 1.42 bits per heavy atom. The fourth-order valence-corrected chi connectivity index (χ4v) is 4.09. The van der Waals surface area contributed by atoms with E-state index >= 15 is 0 Å². The number of aromatic nitrogens is 1.